The molecule has 1 heterocycles. The lowest BCUT2D eigenvalue weighted by molar-refractivity contribution is 0.340. The monoisotopic (exact) mass is 338 g/mol. The minimum Gasteiger partial charge on any atom is -0.494 e. The Balaban J connectivity index is 1.92. The molecule has 0 spiro atoms. The Kier molecular flexibility index (Phi) is 4.86. The van der Waals surface area contributed by atoms with Gasteiger partial charge in [0.2, 0.25) is 4.77 Å². The Morgan fingerprint density at radius 2 is 1.96 bits per heavy atom. The van der Waals surface area contributed by atoms with Gasteiger partial charge in [-0.15, -0.1) is 0 Å². The fraction of sp³-hybridized carbons (Fsp3) is 0.167. The SMILES string of the molecule is CCOc1ccc(/C=N\n2c(-c3ccccc3C)n[nH]c2=S)cc1. The van der Waals surface area contributed by atoms with Gasteiger partial charge < -0.3 is 4.74 Å². The van der Waals surface area contributed by atoms with E-state index in [2.05, 4.69) is 15.3 Å². The van der Waals surface area contributed by atoms with Gasteiger partial charge in [-0.05, 0) is 61.5 Å². The fourth-order valence-corrected chi connectivity index (χ4v) is 2.52. The van der Waals surface area contributed by atoms with Crippen molar-refractivity contribution in [1.29, 1.82) is 0 Å². The lowest BCUT2D eigenvalue weighted by atomic mass is 10.1. The van der Waals surface area contributed by atoms with E-state index in [0.29, 0.717) is 17.2 Å². The summed E-state index contributed by atoms with van der Waals surface area (Å²) in [6.07, 6.45) is 1.75. The van der Waals surface area contributed by atoms with Crippen molar-refractivity contribution in [1.82, 2.24) is 14.9 Å². The Labute approximate surface area is 145 Å². The number of aryl methyl sites for hydroxylation is 1. The Morgan fingerprint density at radius 3 is 2.67 bits per heavy atom. The third kappa shape index (κ3) is 3.44. The number of hydrogen-bond acceptors (Lipinski definition) is 4. The van der Waals surface area contributed by atoms with E-state index >= 15 is 0 Å². The summed E-state index contributed by atoms with van der Waals surface area (Å²) in [7, 11) is 0. The average Bonchev–Trinajstić information content (AvgIpc) is 2.96. The highest BCUT2D eigenvalue weighted by Crippen LogP contribution is 2.21. The average molecular weight is 338 g/mol. The van der Waals surface area contributed by atoms with Crippen molar-refractivity contribution in [2.45, 2.75) is 13.8 Å². The normalized spacial score (nSPS) is 11.1. The molecular weight excluding hydrogens is 320 g/mol. The van der Waals surface area contributed by atoms with E-state index in [1.54, 1.807) is 10.9 Å². The minimum absolute atomic E-state index is 0.454. The van der Waals surface area contributed by atoms with Gasteiger partial charge in [0.15, 0.2) is 5.82 Å². The fourth-order valence-electron chi connectivity index (χ4n) is 2.34. The summed E-state index contributed by atoms with van der Waals surface area (Å²) in [5, 5.41) is 11.6. The molecular formula is C18H18N4OS. The molecule has 6 heteroatoms. The predicted octanol–water partition coefficient (Wildman–Crippen LogP) is 4.20. The number of H-pyrrole nitrogens is 1. The second kappa shape index (κ2) is 7.23. The zero-order valence-corrected chi connectivity index (χ0v) is 14.4. The molecule has 0 aliphatic rings. The highest BCUT2D eigenvalue weighted by atomic mass is 32.1. The van der Waals surface area contributed by atoms with Crippen molar-refractivity contribution < 1.29 is 4.74 Å². The number of aromatic nitrogens is 3. The maximum absolute atomic E-state index is 5.44. The van der Waals surface area contributed by atoms with Gasteiger partial charge in [-0.3, -0.25) is 0 Å². The van der Waals surface area contributed by atoms with Crippen LogP contribution in [0.5, 0.6) is 5.75 Å². The lowest BCUT2D eigenvalue weighted by Crippen LogP contribution is -1.96. The number of ether oxygens (including phenoxy) is 1. The number of aromatic amines is 1. The van der Waals surface area contributed by atoms with E-state index < -0.39 is 0 Å². The van der Waals surface area contributed by atoms with Crippen LogP contribution in [0.2, 0.25) is 0 Å². The number of nitrogens with zero attached hydrogens (tertiary/aromatic N) is 3. The van der Waals surface area contributed by atoms with E-state index in [9.17, 15) is 0 Å². The summed E-state index contributed by atoms with van der Waals surface area (Å²) in [5.41, 5.74) is 3.06. The Bertz CT molecular complexity index is 909. The van der Waals surface area contributed by atoms with Gasteiger partial charge in [-0.2, -0.15) is 14.9 Å². The van der Waals surface area contributed by atoms with Crippen LogP contribution in [0.4, 0.5) is 0 Å². The molecule has 0 saturated carbocycles. The minimum atomic E-state index is 0.454. The first-order valence-corrected chi connectivity index (χ1v) is 8.10. The van der Waals surface area contributed by atoms with Crippen molar-refractivity contribution in [3.8, 4) is 17.1 Å². The molecule has 0 bridgehead atoms. The molecule has 3 rings (SSSR count). The van der Waals surface area contributed by atoms with Crippen molar-refractivity contribution in [2.24, 2.45) is 5.10 Å². The summed E-state index contributed by atoms with van der Waals surface area (Å²) < 4.78 is 7.53. The van der Waals surface area contributed by atoms with Crippen LogP contribution in [0, 0.1) is 11.7 Å². The second-order valence-electron chi connectivity index (χ2n) is 5.23. The van der Waals surface area contributed by atoms with Crippen LogP contribution in [0.3, 0.4) is 0 Å². The third-order valence-electron chi connectivity index (χ3n) is 3.55. The van der Waals surface area contributed by atoms with Gasteiger partial charge in [0, 0.05) is 5.56 Å². The van der Waals surface area contributed by atoms with Crippen LogP contribution in [0.25, 0.3) is 11.4 Å². The first kappa shape index (κ1) is 16.1. The summed E-state index contributed by atoms with van der Waals surface area (Å²) in [4.78, 5) is 0. The first-order valence-electron chi connectivity index (χ1n) is 7.69. The van der Waals surface area contributed by atoms with Crippen molar-refractivity contribution in [3.63, 3.8) is 0 Å². The van der Waals surface area contributed by atoms with Gasteiger partial charge in [0.1, 0.15) is 5.75 Å². The summed E-state index contributed by atoms with van der Waals surface area (Å²) in [6.45, 7) is 4.65. The van der Waals surface area contributed by atoms with Crippen molar-refractivity contribution in [2.75, 3.05) is 6.61 Å². The van der Waals surface area contributed by atoms with Gasteiger partial charge >= 0.3 is 0 Å². The first-order chi connectivity index (χ1) is 11.7. The molecule has 0 radical (unpaired) electrons. The summed E-state index contributed by atoms with van der Waals surface area (Å²) in [6, 6.07) is 15.7. The highest BCUT2D eigenvalue weighted by molar-refractivity contribution is 7.71. The summed E-state index contributed by atoms with van der Waals surface area (Å²) in [5.74, 6) is 1.54. The van der Waals surface area contributed by atoms with Crippen LogP contribution in [-0.4, -0.2) is 27.7 Å². The molecule has 0 saturated heterocycles. The lowest BCUT2D eigenvalue weighted by Gasteiger charge is -2.04. The quantitative estimate of drug-likeness (QED) is 0.560. The molecule has 5 nitrogen and oxygen atoms in total. The van der Waals surface area contributed by atoms with Gasteiger partial charge in [0.25, 0.3) is 0 Å². The molecule has 0 aliphatic heterocycles. The molecule has 0 fully saturated rings. The molecule has 122 valence electrons. The molecule has 2 aromatic carbocycles. The highest BCUT2D eigenvalue weighted by Gasteiger charge is 2.09. The molecule has 3 aromatic rings. The second-order valence-corrected chi connectivity index (χ2v) is 5.61. The maximum atomic E-state index is 5.44. The van der Waals surface area contributed by atoms with Crippen LogP contribution in [0.1, 0.15) is 18.1 Å². The topological polar surface area (TPSA) is 55.2 Å². The van der Waals surface area contributed by atoms with E-state index in [1.165, 1.54) is 0 Å². The van der Waals surface area contributed by atoms with Crippen LogP contribution in [0.15, 0.2) is 53.6 Å². The van der Waals surface area contributed by atoms with E-state index in [1.807, 2.05) is 62.4 Å². The van der Waals surface area contributed by atoms with Gasteiger partial charge in [-0.25, -0.2) is 5.10 Å². The number of hydrogen-bond donors (Lipinski definition) is 1. The molecule has 0 unspecified atom stereocenters. The van der Waals surface area contributed by atoms with E-state index in [-0.39, 0.29) is 0 Å². The molecule has 24 heavy (non-hydrogen) atoms. The van der Waals surface area contributed by atoms with Crippen LogP contribution < -0.4 is 4.74 Å². The van der Waals surface area contributed by atoms with E-state index in [4.69, 9.17) is 17.0 Å². The number of benzene rings is 2. The largest absolute Gasteiger partial charge is 0.494 e. The zero-order chi connectivity index (χ0) is 16.9. The maximum Gasteiger partial charge on any atom is 0.216 e. The molecule has 0 aliphatic carbocycles. The van der Waals surface area contributed by atoms with Crippen molar-refractivity contribution >= 4 is 18.4 Å². The van der Waals surface area contributed by atoms with Crippen LogP contribution >= 0.6 is 12.2 Å². The van der Waals surface area contributed by atoms with Gasteiger partial charge in [-0.1, -0.05) is 24.3 Å². The smallest absolute Gasteiger partial charge is 0.216 e. The van der Waals surface area contributed by atoms with Crippen LogP contribution in [-0.2, 0) is 0 Å². The molecule has 1 N–H and O–H groups in total. The molecule has 0 atom stereocenters. The third-order valence-corrected chi connectivity index (χ3v) is 3.81. The predicted molar refractivity (Wildman–Crippen MR) is 98.2 cm³/mol. The van der Waals surface area contributed by atoms with E-state index in [0.717, 1.165) is 22.4 Å². The van der Waals surface area contributed by atoms with Crippen molar-refractivity contribution in [3.05, 3.63) is 64.4 Å². The Morgan fingerprint density at radius 1 is 1.21 bits per heavy atom. The zero-order valence-electron chi connectivity index (χ0n) is 13.6. The number of nitrogens with one attached hydrogen (secondary N) is 1. The van der Waals surface area contributed by atoms with Gasteiger partial charge in [0.05, 0.1) is 12.8 Å². The summed E-state index contributed by atoms with van der Waals surface area (Å²) >= 11 is 5.30. The molecule has 1 aromatic heterocycles. The molecule has 0 amide bonds. The standard InChI is InChI=1S/C18H18N4OS/c1-3-23-15-10-8-14(9-11-15)12-19-22-17(20-21-18(22)24)16-7-5-4-6-13(16)2/h4-12H,3H2,1-2H3,(H,21,24)/b19-12-. The number of rotatable bonds is 5. The Hall–Kier alpha value is -2.73.